The molecule has 1 aromatic heterocycles. The summed E-state index contributed by atoms with van der Waals surface area (Å²) in [5, 5.41) is 3.16. The Labute approximate surface area is 145 Å². The third-order valence-electron chi connectivity index (χ3n) is 6.37. The van der Waals surface area contributed by atoms with E-state index in [0.29, 0.717) is 0 Å². The molecule has 4 rings (SSSR count). The van der Waals surface area contributed by atoms with E-state index in [-0.39, 0.29) is 5.91 Å². The molecule has 4 heteroatoms. The third kappa shape index (κ3) is 3.28. The van der Waals surface area contributed by atoms with Crippen molar-refractivity contribution in [2.75, 3.05) is 24.5 Å². The minimum Gasteiger partial charge on any atom is -0.356 e. The van der Waals surface area contributed by atoms with E-state index in [0.717, 1.165) is 55.2 Å². The predicted octanol–water partition coefficient (Wildman–Crippen LogP) is 3.63. The molecule has 2 bridgehead atoms. The van der Waals surface area contributed by atoms with Crippen LogP contribution in [-0.4, -0.2) is 30.5 Å². The second-order valence-electron chi connectivity index (χ2n) is 7.90. The first kappa shape index (κ1) is 15.9. The van der Waals surface area contributed by atoms with E-state index in [1.165, 1.54) is 44.9 Å². The number of fused-ring (bicyclic) bond motifs is 2. The van der Waals surface area contributed by atoms with Gasteiger partial charge >= 0.3 is 0 Å². The van der Waals surface area contributed by atoms with E-state index in [1.807, 2.05) is 12.1 Å². The highest BCUT2D eigenvalue weighted by molar-refractivity contribution is 5.98. The highest BCUT2D eigenvalue weighted by atomic mass is 16.1. The average Bonchev–Trinajstić information content (AvgIpc) is 3.25. The summed E-state index contributed by atoms with van der Waals surface area (Å²) in [4.78, 5) is 19.4. The highest BCUT2D eigenvalue weighted by Crippen LogP contribution is 2.49. The van der Waals surface area contributed by atoms with Crippen molar-refractivity contribution in [3.63, 3.8) is 0 Å². The van der Waals surface area contributed by atoms with Crippen molar-refractivity contribution in [2.45, 2.75) is 51.4 Å². The molecule has 3 fully saturated rings. The molecule has 0 unspecified atom stereocenters. The standard InChI is InChI=1S/C20H29N3O/c24-20(22-10-8-17-14-15-6-7-16(17)13-15)18-5-4-9-21-19(18)23-11-2-1-3-12-23/h4-5,9,15-17H,1-3,6-8,10-14H2,(H,22,24)/t15-,16-,17-/m1/s1. The Morgan fingerprint density at radius 3 is 2.83 bits per heavy atom. The number of hydrogen-bond donors (Lipinski definition) is 1. The van der Waals surface area contributed by atoms with Crippen molar-refractivity contribution in [1.29, 1.82) is 0 Å². The van der Waals surface area contributed by atoms with Gasteiger partial charge in [0.2, 0.25) is 0 Å². The minimum absolute atomic E-state index is 0.0480. The van der Waals surface area contributed by atoms with Crippen LogP contribution in [0.15, 0.2) is 18.3 Å². The normalized spacial score (nSPS) is 29.0. The number of amides is 1. The fraction of sp³-hybridized carbons (Fsp3) is 0.700. The van der Waals surface area contributed by atoms with Gasteiger partial charge in [0.05, 0.1) is 5.56 Å². The van der Waals surface area contributed by atoms with E-state index in [1.54, 1.807) is 6.20 Å². The van der Waals surface area contributed by atoms with Gasteiger partial charge in [0, 0.05) is 25.8 Å². The van der Waals surface area contributed by atoms with Crippen molar-refractivity contribution in [3.8, 4) is 0 Å². The van der Waals surface area contributed by atoms with Crippen LogP contribution in [0.3, 0.4) is 0 Å². The lowest BCUT2D eigenvalue weighted by molar-refractivity contribution is 0.0950. The molecule has 1 saturated heterocycles. The second-order valence-corrected chi connectivity index (χ2v) is 7.90. The van der Waals surface area contributed by atoms with E-state index in [9.17, 15) is 4.79 Å². The SMILES string of the molecule is O=C(NCC[C@@H]1C[C@@H]2CC[C@@H]1C2)c1cccnc1N1CCCCC1. The lowest BCUT2D eigenvalue weighted by Crippen LogP contribution is -2.34. The maximum Gasteiger partial charge on any atom is 0.255 e. The Hall–Kier alpha value is -1.58. The summed E-state index contributed by atoms with van der Waals surface area (Å²) >= 11 is 0. The van der Waals surface area contributed by atoms with Crippen LogP contribution in [0, 0.1) is 17.8 Å². The van der Waals surface area contributed by atoms with Crippen LogP contribution in [0.5, 0.6) is 0 Å². The number of hydrogen-bond acceptors (Lipinski definition) is 3. The van der Waals surface area contributed by atoms with Crippen LogP contribution in [0.2, 0.25) is 0 Å². The molecule has 130 valence electrons. The number of nitrogens with one attached hydrogen (secondary N) is 1. The van der Waals surface area contributed by atoms with Gasteiger partial charge < -0.3 is 10.2 Å². The zero-order chi connectivity index (χ0) is 16.4. The number of carbonyl (C=O) groups is 1. The van der Waals surface area contributed by atoms with E-state index in [2.05, 4.69) is 15.2 Å². The Morgan fingerprint density at radius 1 is 1.21 bits per heavy atom. The Balaban J connectivity index is 1.34. The molecular formula is C20H29N3O. The first-order valence-electron chi connectivity index (χ1n) is 9.79. The fourth-order valence-electron chi connectivity index (χ4n) is 5.13. The molecule has 2 saturated carbocycles. The maximum atomic E-state index is 12.7. The van der Waals surface area contributed by atoms with Gasteiger partial charge in [0.25, 0.3) is 5.91 Å². The average molecular weight is 327 g/mol. The fourth-order valence-corrected chi connectivity index (χ4v) is 5.13. The first-order chi connectivity index (χ1) is 11.8. The number of carbonyl (C=O) groups excluding carboxylic acids is 1. The van der Waals surface area contributed by atoms with Crippen LogP contribution in [0.1, 0.15) is 61.7 Å². The van der Waals surface area contributed by atoms with Gasteiger partial charge in [-0.15, -0.1) is 0 Å². The van der Waals surface area contributed by atoms with Gasteiger partial charge in [-0.2, -0.15) is 0 Å². The first-order valence-corrected chi connectivity index (χ1v) is 9.79. The second kappa shape index (κ2) is 7.12. The summed E-state index contributed by atoms with van der Waals surface area (Å²) in [6.45, 7) is 2.84. The van der Waals surface area contributed by atoms with Crippen LogP contribution >= 0.6 is 0 Å². The van der Waals surface area contributed by atoms with Crippen LogP contribution in [0.25, 0.3) is 0 Å². The molecular weight excluding hydrogens is 298 g/mol. The van der Waals surface area contributed by atoms with Gasteiger partial charge in [-0.3, -0.25) is 4.79 Å². The molecule has 0 spiro atoms. The summed E-state index contributed by atoms with van der Waals surface area (Å²) in [6, 6.07) is 3.79. The number of anilines is 1. The van der Waals surface area contributed by atoms with Crippen LogP contribution < -0.4 is 10.2 Å². The van der Waals surface area contributed by atoms with E-state index < -0.39 is 0 Å². The van der Waals surface area contributed by atoms with Crippen molar-refractivity contribution >= 4 is 11.7 Å². The monoisotopic (exact) mass is 327 g/mol. The minimum atomic E-state index is 0.0480. The van der Waals surface area contributed by atoms with Crippen molar-refractivity contribution in [1.82, 2.24) is 10.3 Å². The number of pyridine rings is 1. The van der Waals surface area contributed by atoms with Crippen molar-refractivity contribution in [3.05, 3.63) is 23.9 Å². The molecule has 1 amide bonds. The van der Waals surface area contributed by atoms with Gasteiger partial charge in [-0.05, 0) is 74.8 Å². The molecule has 4 nitrogen and oxygen atoms in total. The van der Waals surface area contributed by atoms with Gasteiger partial charge in [-0.1, -0.05) is 6.42 Å². The van der Waals surface area contributed by atoms with Crippen LogP contribution in [0.4, 0.5) is 5.82 Å². The largest absolute Gasteiger partial charge is 0.356 e. The molecule has 2 aliphatic carbocycles. The lowest BCUT2D eigenvalue weighted by Gasteiger charge is -2.29. The Kier molecular flexibility index (Phi) is 4.72. The summed E-state index contributed by atoms with van der Waals surface area (Å²) in [6.07, 6.45) is 12.3. The molecule has 3 atom stereocenters. The topological polar surface area (TPSA) is 45.2 Å². The van der Waals surface area contributed by atoms with Crippen molar-refractivity contribution < 1.29 is 4.79 Å². The molecule has 0 aromatic carbocycles. The number of rotatable bonds is 5. The predicted molar refractivity (Wildman–Crippen MR) is 96.2 cm³/mol. The number of nitrogens with zero attached hydrogens (tertiary/aromatic N) is 2. The highest BCUT2D eigenvalue weighted by Gasteiger charge is 2.38. The summed E-state index contributed by atoms with van der Waals surface area (Å²) in [5.41, 5.74) is 0.743. The van der Waals surface area contributed by atoms with Gasteiger partial charge in [-0.25, -0.2) is 4.98 Å². The molecule has 3 aliphatic rings. The summed E-state index contributed by atoms with van der Waals surface area (Å²) in [5.74, 6) is 3.69. The maximum absolute atomic E-state index is 12.7. The molecule has 0 radical (unpaired) electrons. The number of aromatic nitrogens is 1. The molecule has 1 aliphatic heterocycles. The van der Waals surface area contributed by atoms with Gasteiger partial charge in [0.15, 0.2) is 0 Å². The molecule has 2 heterocycles. The van der Waals surface area contributed by atoms with Crippen molar-refractivity contribution in [2.24, 2.45) is 17.8 Å². The van der Waals surface area contributed by atoms with E-state index >= 15 is 0 Å². The Morgan fingerprint density at radius 2 is 2.08 bits per heavy atom. The summed E-state index contributed by atoms with van der Waals surface area (Å²) in [7, 11) is 0. The van der Waals surface area contributed by atoms with E-state index in [4.69, 9.17) is 0 Å². The quantitative estimate of drug-likeness (QED) is 0.898. The third-order valence-corrected chi connectivity index (χ3v) is 6.37. The summed E-state index contributed by atoms with van der Waals surface area (Å²) < 4.78 is 0. The zero-order valence-corrected chi connectivity index (χ0v) is 14.5. The molecule has 1 N–H and O–H groups in total. The number of piperidine rings is 1. The van der Waals surface area contributed by atoms with Crippen LogP contribution in [-0.2, 0) is 0 Å². The Bertz CT molecular complexity index is 582. The zero-order valence-electron chi connectivity index (χ0n) is 14.5. The smallest absolute Gasteiger partial charge is 0.255 e. The van der Waals surface area contributed by atoms with Gasteiger partial charge in [0.1, 0.15) is 5.82 Å². The molecule has 1 aromatic rings. The lowest BCUT2D eigenvalue weighted by atomic mass is 9.86. The molecule has 24 heavy (non-hydrogen) atoms.